The molecule has 0 spiro atoms. The lowest BCUT2D eigenvalue weighted by Gasteiger charge is -2.33. The molecule has 1 saturated carbocycles. The maximum Gasteiger partial charge on any atom is 0.238 e. The number of nitrogens with one attached hydrogen (secondary N) is 1. The molecule has 1 amide bonds. The van der Waals surface area contributed by atoms with Gasteiger partial charge in [0.15, 0.2) is 0 Å². The highest BCUT2D eigenvalue weighted by Gasteiger charge is 2.33. The standard InChI is InChI=1S/C14H28N2OS/c1-10(2)16-14(4,13(15)17)9-18-12-7-5-6-11(3)8-12/h10-12,16H,5-9H2,1-4H3,(H2,15,17). The van der Waals surface area contributed by atoms with Crippen molar-refractivity contribution in [2.45, 2.75) is 70.2 Å². The Morgan fingerprint density at radius 3 is 2.67 bits per heavy atom. The molecule has 4 heteroatoms. The summed E-state index contributed by atoms with van der Waals surface area (Å²) in [7, 11) is 0. The first-order chi connectivity index (χ1) is 8.33. The van der Waals surface area contributed by atoms with Crippen LogP contribution in [-0.2, 0) is 4.79 Å². The molecule has 0 radical (unpaired) electrons. The summed E-state index contributed by atoms with van der Waals surface area (Å²) in [6.45, 7) is 8.35. The van der Waals surface area contributed by atoms with Crippen LogP contribution in [0.1, 0.15) is 53.4 Å². The number of nitrogens with two attached hydrogens (primary N) is 1. The monoisotopic (exact) mass is 272 g/mol. The maximum atomic E-state index is 11.6. The number of thioether (sulfide) groups is 1. The molecular formula is C14H28N2OS. The van der Waals surface area contributed by atoms with Crippen LogP contribution in [-0.4, -0.2) is 28.5 Å². The van der Waals surface area contributed by atoms with Gasteiger partial charge in [0.2, 0.25) is 5.91 Å². The molecule has 0 aromatic carbocycles. The van der Waals surface area contributed by atoms with Crippen molar-refractivity contribution in [1.82, 2.24) is 5.32 Å². The summed E-state index contributed by atoms with van der Waals surface area (Å²) in [5.74, 6) is 1.36. The average Bonchev–Trinajstić information content (AvgIpc) is 2.25. The van der Waals surface area contributed by atoms with E-state index in [-0.39, 0.29) is 11.9 Å². The maximum absolute atomic E-state index is 11.6. The molecule has 106 valence electrons. The minimum Gasteiger partial charge on any atom is -0.368 e. The third-order valence-electron chi connectivity index (χ3n) is 3.65. The molecular weight excluding hydrogens is 244 g/mol. The summed E-state index contributed by atoms with van der Waals surface area (Å²) in [5, 5.41) is 4.01. The van der Waals surface area contributed by atoms with Gasteiger partial charge in [-0.25, -0.2) is 0 Å². The van der Waals surface area contributed by atoms with Gasteiger partial charge < -0.3 is 11.1 Å². The number of hydrogen-bond donors (Lipinski definition) is 2. The van der Waals surface area contributed by atoms with Crippen LogP contribution in [0, 0.1) is 5.92 Å². The minimum atomic E-state index is -0.584. The quantitative estimate of drug-likeness (QED) is 0.781. The van der Waals surface area contributed by atoms with Gasteiger partial charge in [-0.05, 0) is 39.5 Å². The molecule has 3 nitrogen and oxygen atoms in total. The summed E-state index contributed by atoms with van der Waals surface area (Å²) in [6.07, 6.45) is 5.24. The predicted molar refractivity (Wildman–Crippen MR) is 79.7 cm³/mol. The van der Waals surface area contributed by atoms with Gasteiger partial charge in [-0.1, -0.05) is 19.8 Å². The Kier molecular flexibility index (Phi) is 5.99. The number of primary amides is 1. The van der Waals surface area contributed by atoms with E-state index in [4.69, 9.17) is 5.73 Å². The molecule has 0 aromatic rings. The Balaban J connectivity index is 2.49. The molecule has 18 heavy (non-hydrogen) atoms. The van der Waals surface area contributed by atoms with Crippen molar-refractivity contribution < 1.29 is 4.79 Å². The second kappa shape index (κ2) is 6.80. The van der Waals surface area contributed by atoms with E-state index in [1.165, 1.54) is 25.7 Å². The number of amides is 1. The lowest BCUT2D eigenvalue weighted by Crippen LogP contribution is -2.57. The largest absolute Gasteiger partial charge is 0.368 e. The minimum absolute atomic E-state index is 0.243. The molecule has 1 fully saturated rings. The summed E-state index contributed by atoms with van der Waals surface area (Å²) < 4.78 is 0. The SMILES string of the molecule is CC1CCCC(SCC(C)(NC(C)C)C(N)=O)C1. The van der Waals surface area contributed by atoms with E-state index < -0.39 is 5.54 Å². The van der Waals surface area contributed by atoms with Crippen LogP contribution in [0.25, 0.3) is 0 Å². The normalized spacial score (nSPS) is 28.1. The molecule has 0 aliphatic heterocycles. The van der Waals surface area contributed by atoms with Gasteiger partial charge in [0, 0.05) is 17.0 Å². The van der Waals surface area contributed by atoms with E-state index in [0.717, 1.165) is 11.7 Å². The van der Waals surface area contributed by atoms with Crippen molar-refractivity contribution in [1.29, 1.82) is 0 Å². The second-order valence-corrected chi connectivity index (χ2v) is 7.49. The smallest absolute Gasteiger partial charge is 0.238 e. The van der Waals surface area contributed by atoms with Gasteiger partial charge in [0.1, 0.15) is 5.54 Å². The highest BCUT2D eigenvalue weighted by Crippen LogP contribution is 2.33. The third-order valence-corrected chi connectivity index (χ3v) is 5.29. The molecule has 0 aromatic heterocycles. The van der Waals surface area contributed by atoms with E-state index in [9.17, 15) is 4.79 Å². The van der Waals surface area contributed by atoms with Crippen LogP contribution < -0.4 is 11.1 Å². The van der Waals surface area contributed by atoms with E-state index in [2.05, 4.69) is 26.1 Å². The number of rotatable bonds is 6. The van der Waals surface area contributed by atoms with Crippen molar-refractivity contribution in [2.24, 2.45) is 11.7 Å². The van der Waals surface area contributed by atoms with Gasteiger partial charge in [0.25, 0.3) is 0 Å². The van der Waals surface area contributed by atoms with Gasteiger partial charge in [-0.3, -0.25) is 4.79 Å². The van der Waals surface area contributed by atoms with Crippen molar-refractivity contribution in [3.8, 4) is 0 Å². The van der Waals surface area contributed by atoms with Crippen LogP contribution in [0.2, 0.25) is 0 Å². The second-order valence-electron chi connectivity index (χ2n) is 6.20. The molecule has 3 atom stereocenters. The molecule has 0 bridgehead atoms. The van der Waals surface area contributed by atoms with E-state index in [0.29, 0.717) is 5.25 Å². The third kappa shape index (κ3) is 4.81. The molecule has 1 aliphatic rings. The molecule has 3 unspecified atom stereocenters. The van der Waals surface area contributed by atoms with Crippen molar-refractivity contribution in [3.05, 3.63) is 0 Å². The van der Waals surface area contributed by atoms with Crippen LogP contribution in [0.5, 0.6) is 0 Å². The van der Waals surface area contributed by atoms with Crippen molar-refractivity contribution in [2.75, 3.05) is 5.75 Å². The zero-order valence-corrected chi connectivity index (χ0v) is 13.0. The van der Waals surface area contributed by atoms with Gasteiger partial charge >= 0.3 is 0 Å². The fourth-order valence-corrected chi connectivity index (χ4v) is 4.23. The van der Waals surface area contributed by atoms with Crippen LogP contribution >= 0.6 is 11.8 Å². The number of hydrogen-bond acceptors (Lipinski definition) is 3. The van der Waals surface area contributed by atoms with Gasteiger partial charge in [0.05, 0.1) is 0 Å². The van der Waals surface area contributed by atoms with E-state index >= 15 is 0 Å². The van der Waals surface area contributed by atoms with Crippen molar-refractivity contribution >= 4 is 17.7 Å². The Bertz CT molecular complexity index is 283. The van der Waals surface area contributed by atoms with E-state index in [1.807, 2.05) is 18.7 Å². The molecule has 0 heterocycles. The molecule has 1 aliphatic carbocycles. The Labute approximate surface area is 116 Å². The summed E-state index contributed by atoms with van der Waals surface area (Å²) >= 11 is 1.92. The molecule has 3 N–H and O–H groups in total. The van der Waals surface area contributed by atoms with E-state index in [1.54, 1.807) is 0 Å². The fourth-order valence-electron chi connectivity index (χ4n) is 2.64. The van der Waals surface area contributed by atoms with Crippen LogP contribution in [0.3, 0.4) is 0 Å². The number of carbonyl (C=O) groups is 1. The molecule has 0 saturated heterocycles. The average molecular weight is 272 g/mol. The topological polar surface area (TPSA) is 55.1 Å². The highest BCUT2D eigenvalue weighted by molar-refractivity contribution is 8.00. The van der Waals surface area contributed by atoms with Crippen LogP contribution in [0.15, 0.2) is 0 Å². The number of carbonyl (C=O) groups excluding carboxylic acids is 1. The van der Waals surface area contributed by atoms with Crippen LogP contribution in [0.4, 0.5) is 0 Å². The lowest BCUT2D eigenvalue weighted by molar-refractivity contribution is -0.123. The summed E-state index contributed by atoms with van der Waals surface area (Å²) in [4.78, 5) is 11.6. The zero-order chi connectivity index (χ0) is 13.8. The first-order valence-electron chi connectivity index (χ1n) is 7.02. The Morgan fingerprint density at radius 2 is 2.17 bits per heavy atom. The summed E-state index contributed by atoms with van der Waals surface area (Å²) in [5.41, 5.74) is 4.96. The lowest BCUT2D eigenvalue weighted by atomic mass is 9.91. The van der Waals surface area contributed by atoms with Gasteiger partial charge in [-0.2, -0.15) is 11.8 Å². The Morgan fingerprint density at radius 1 is 1.50 bits per heavy atom. The first kappa shape index (κ1) is 15.8. The van der Waals surface area contributed by atoms with Crippen molar-refractivity contribution in [3.63, 3.8) is 0 Å². The fraction of sp³-hybridized carbons (Fsp3) is 0.929. The Hall–Kier alpha value is -0.220. The molecule has 1 rings (SSSR count). The zero-order valence-electron chi connectivity index (χ0n) is 12.2. The first-order valence-corrected chi connectivity index (χ1v) is 8.07. The highest BCUT2D eigenvalue weighted by atomic mass is 32.2. The summed E-state index contributed by atoms with van der Waals surface area (Å²) in [6, 6.07) is 0.272. The van der Waals surface area contributed by atoms with Gasteiger partial charge in [-0.15, -0.1) is 0 Å². The predicted octanol–water partition coefficient (Wildman–Crippen LogP) is 2.54.